The predicted molar refractivity (Wildman–Crippen MR) is 116 cm³/mol. The van der Waals surface area contributed by atoms with Crippen LogP contribution in [0.4, 0.5) is 0 Å². The van der Waals surface area contributed by atoms with Crippen LogP contribution in [0.3, 0.4) is 0 Å². The molecule has 6 aliphatic rings. The fraction of sp³-hybridized carbons (Fsp3) is 0.731. The molecular weight excluding hydrogens is 440 g/mol. The van der Waals surface area contributed by atoms with Crippen LogP contribution in [0.25, 0.3) is 0 Å². The fourth-order valence-electron chi connectivity index (χ4n) is 8.59. The van der Waals surface area contributed by atoms with Gasteiger partial charge in [-0.05, 0) is 52.2 Å². The highest BCUT2D eigenvalue weighted by Gasteiger charge is 2.94. The maximum Gasteiger partial charge on any atom is 0.331 e. The number of furan rings is 1. The Hall–Kier alpha value is -1.71. The van der Waals surface area contributed by atoms with Gasteiger partial charge in [0, 0.05) is 42.9 Å². The van der Waals surface area contributed by atoms with Crippen molar-refractivity contribution < 1.29 is 38.0 Å². The van der Waals surface area contributed by atoms with Gasteiger partial charge in [0.2, 0.25) is 0 Å². The molecule has 5 heterocycles. The molecule has 0 aromatic carbocycles. The van der Waals surface area contributed by atoms with Gasteiger partial charge in [-0.2, -0.15) is 0 Å². The quantitative estimate of drug-likeness (QED) is 0.514. The fourth-order valence-corrected chi connectivity index (χ4v) is 8.59. The van der Waals surface area contributed by atoms with Crippen LogP contribution >= 0.6 is 0 Å². The van der Waals surface area contributed by atoms with Crippen LogP contribution in [0.5, 0.6) is 0 Å². The zero-order chi connectivity index (χ0) is 23.8. The Labute approximate surface area is 198 Å². The van der Waals surface area contributed by atoms with Gasteiger partial charge in [0.25, 0.3) is 0 Å². The molecule has 2 saturated carbocycles. The Bertz CT molecular complexity index is 1080. The number of carbonyl (C=O) groups excluding carboxylic acids is 1. The van der Waals surface area contributed by atoms with Crippen molar-refractivity contribution in [2.24, 2.45) is 16.7 Å². The Kier molecular flexibility index (Phi) is 3.90. The van der Waals surface area contributed by atoms with E-state index in [1.54, 1.807) is 19.6 Å². The number of methoxy groups -OCH3 is 1. The molecule has 5 fully saturated rings. The van der Waals surface area contributed by atoms with E-state index in [4.69, 9.17) is 28.1 Å². The number of rotatable bonds is 5. The highest BCUT2D eigenvalue weighted by molar-refractivity contribution is 5.85. The largest absolute Gasteiger partial charge is 0.472 e. The van der Waals surface area contributed by atoms with Gasteiger partial charge >= 0.3 is 5.97 Å². The molecule has 0 amide bonds. The van der Waals surface area contributed by atoms with Gasteiger partial charge in [-0.1, -0.05) is 0 Å². The van der Waals surface area contributed by atoms with Gasteiger partial charge < -0.3 is 33.2 Å². The number of epoxide rings is 1. The van der Waals surface area contributed by atoms with Gasteiger partial charge in [-0.25, -0.2) is 4.79 Å². The summed E-state index contributed by atoms with van der Waals surface area (Å²) < 4.78 is 36.5. The molecular formula is C26H32O8. The van der Waals surface area contributed by atoms with Crippen molar-refractivity contribution in [3.8, 4) is 0 Å². The summed E-state index contributed by atoms with van der Waals surface area (Å²) in [7, 11) is 1.67. The van der Waals surface area contributed by atoms with Gasteiger partial charge in [0.05, 0.1) is 35.8 Å². The lowest BCUT2D eigenvalue weighted by Gasteiger charge is -2.38. The molecule has 0 spiro atoms. The number of carbonyl (C=O) groups is 1. The second-order valence-corrected chi connectivity index (χ2v) is 12.0. The van der Waals surface area contributed by atoms with E-state index in [1.807, 2.05) is 32.9 Å². The molecule has 8 nitrogen and oxygen atoms in total. The first kappa shape index (κ1) is 21.6. The van der Waals surface area contributed by atoms with Crippen LogP contribution in [0.2, 0.25) is 0 Å². The van der Waals surface area contributed by atoms with Crippen molar-refractivity contribution in [1.29, 1.82) is 0 Å². The molecule has 0 bridgehead atoms. The number of ether oxygens (including phenoxy) is 5. The molecule has 3 saturated heterocycles. The van der Waals surface area contributed by atoms with Gasteiger partial charge in [-0.3, -0.25) is 0 Å². The first-order valence-corrected chi connectivity index (χ1v) is 12.3. The minimum atomic E-state index is -0.928. The van der Waals surface area contributed by atoms with E-state index in [-0.39, 0.29) is 29.5 Å². The minimum Gasteiger partial charge on any atom is -0.472 e. The second kappa shape index (κ2) is 6.16. The van der Waals surface area contributed by atoms with Gasteiger partial charge in [0.15, 0.2) is 12.1 Å². The Morgan fingerprint density at radius 1 is 1.26 bits per heavy atom. The smallest absolute Gasteiger partial charge is 0.331 e. The summed E-state index contributed by atoms with van der Waals surface area (Å²) in [5, 5.41) is 11.3. The Morgan fingerprint density at radius 2 is 2.09 bits per heavy atom. The summed E-state index contributed by atoms with van der Waals surface area (Å²) in [6.07, 6.45) is 9.35. The highest BCUT2D eigenvalue weighted by atomic mass is 16.7. The highest BCUT2D eigenvalue weighted by Crippen LogP contribution is 2.89. The van der Waals surface area contributed by atoms with Crippen molar-refractivity contribution in [1.82, 2.24) is 0 Å². The van der Waals surface area contributed by atoms with Crippen LogP contribution in [0, 0.1) is 16.7 Å². The van der Waals surface area contributed by atoms with Gasteiger partial charge in [0.1, 0.15) is 11.2 Å². The van der Waals surface area contributed by atoms with Crippen molar-refractivity contribution in [2.45, 2.75) is 94.0 Å². The lowest BCUT2D eigenvalue weighted by molar-refractivity contribution is -0.251. The molecule has 34 heavy (non-hydrogen) atoms. The summed E-state index contributed by atoms with van der Waals surface area (Å²) in [6, 6.07) is 1.92. The zero-order valence-electron chi connectivity index (χ0n) is 20.0. The summed E-state index contributed by atoms with van der Waals surface area (Å²) >= 11 is 0. The first-order chi connectivity index (χ1) is 16.1. The van der Waals surface area contributed by atoms with Crippen molar-refractivity contribution in [3.63, 3.8) is 0 Å². The predicted octanol–water partition coefficient (Wildman–Crippen LogP) is 3.40. The number of esters is 1. The van der Waals surface area contributed by atoms with E-state index in [0.717, 1.165) is 24.8 Å². The molecule has 9 unspecified atom stereocenters. The number of aliphatic hydroxyl groups excluding tert-OH is 1. The summed E-state index contributed by atoms with van der Waals surface area (Å²) in [4.78, 5) is 11.9. The van der Waals surface area contributed by atoms with Crippen molar-refractivity contribution in [2.75, 3.05) is 7.11 Å². The topological polar surface area (TPSA) is 99.9 Å². The van der Waals surface area contributed by atoms with Crippen LogP contribution in [0.15, 0.2) is 35.2 Å². The van der Waals surface area contributed by atoms with Crippen LogP contribution in [-0.2, 0) is 28.5 Å². The third-order valence-electron chi connectivity index (χ3n) is 10.1. The number of hydrogen-bond donors (Lipinski definition) is 1. The van der Waals surface area contributed by atoms with Crippen LogP contribution < -0.4 is 0 Å². The SMILES string of the molecule is COC1(CC23OC2CCC24CC23C(O)OC4c2ccoc2)CC(C2(C)C=CC(=O)O2)C(C)(C)O1. The molecule has 9 atom stereocenters. The average molecular weight is 473 g/mol. The normalized spacial score (nSPS) is 53.9. The molecule has 4 aliphatic heterocycles. The zero-order valence-corrected chi connectivity index (χ0v) is 20.0. The molecule has 8 heteroatoms. The van der Waals surface area contributed by atoms with E-state index in [1.165, 1.54) is 6.08 Å². The van der Waals surface area contributed by atoms with Crippen LogP contribution in [-0.4, -0.2) is 53.2 Å². The molecule has 1 aromatic heterocycles. The van der Waals surface area contributed by atoms with E-state index < -0.39 is 34.3 Å². The van der Waals surface area contributed by atoms with Crippen molar-refractivity contribution in [3.05, 3.63) is 36.3 Å². The van der Waals surface area contributed by atoms with E-state index in [9.17, 15) is 9.90 Å². The standard InChI is InChI=1S/C26H32O8/c1-21(2)16(22(3)8-6-18(27)33-22)11-24(29-4,34-21)14-26-17(32-26)5-9-23-13-25(23,26)20(28)31-19(23)15-7-10-30-12-15/h6-8,10,12,16-17,19-20,28H,5,9,11,13-14H2,1-4H3. The summed E-state index contributed by atoms with van der Waals surface area (Å²) in [5.74, 6) is -1.37. The molecule has 7 rings (SSSR count). The van der Waals surface area contributed by atoms with E-state index in [2.05, 4.69) is 0 Å². The maximum absolute atomic E-state index is 11.9. The third-order valence-corrected chi connectivity index (χ3v) is 10.1. The number of aliphatic hydroxyl groups is 1. The monoisotopic (exact) mass is 472 g/mol. The number of hydrogen-bond acceptors (Lipinski definition) is 8. The maximum atomic E-state index is 11.9. The Balaban J connectivity index is 1.22. The minimum absolute atomic E-state index is 0.0436. The summed E-state index contributed by atoms with van der Waals surface area (Å²) in [6.45, 7) is 5.98. The lowest BCUT2D eigenvalue weighted by atomic mass is 9.67. The van der Waals surface area contributed by atoms with Crippen LogP contribution in [0.1, 0.15) is 64.5 Å². The Morgan fingerprint density at radius 3 is 2.76 bits per heavy atom. The molecule has 0 radical (unpaired) electrons. The molecule has 2 aliphatic carbocycles. The van der Waals surface area contributed by atoms with Gasteiger partial charge in [-0.15, -0.1) is 0 Å². The molecule has 1 N–H and O–H groups in total. The molecule has 184 valence electrons. The second-order valence-electron chi connectivity index (χ2n) is 12.0. The van der Waals surface area contributed by atoms with Crippen molar-refractivity contribution >= 4 is 5.97 Å². The van der Waals surface area contributed by atoms with E-state index in [0.29, 0.717) is 12.8 Å². The number of fused-ring (bicyclic) bond motifs is 1. The molecule has 1 aromatic rings. The first-order valence-electron chi connectivity index (χ1n) is 12.3. The third kappa shape index (κ3) is 2.34. The number of cyclic esters (lactones) is 1. The lowest BCUT2D eigenvalue weighted by Crippen LogP contribution is -2.48. The van der Waals surface area contributed by atoms with E-state index >= 15 is 0 Å². The average Bonchev–Trinajstić information content (AvgIpc) is 3.37. The summed E-state index contributed by atoms with van der Waals surface area (Å²) in [5.41, 5.74) is -1.65.